The predicted molar refractivity (Wildman–Crippen MR) is 87.8 cm³/mol. The fourth-order valence-electron chi connectivity index (χ4n) is 1.21. The van der Waals surface area contributed by atoms with Gasteiger partial charge in [-0.3, -0.25) is 4.79 Å². The van der Waals surface area contributed by atoms with Gasteiger partial charge in [-0.15, -0.1) is 0 Å². The quantitative estimate of drug-likeness (QED) is 0.284. The molecular weight excluding hydrogens is 474 g/mol. The van der Waals surface area contributed by atoms with Crippen LogP contribution in [-0.2, 0) is 20.9 Å². The molecule has 102 valence electrons. The average Bonchev–Trinajstić information content (AvgIpc) is 2.30. The molecule has 0 amide bonds. The normalized spacial score (nSPS) is 9.89. The second kappa shape index (κ2) is 7.22. The van der Waals surface area contributed by atoms with Crippen LogP contribution in [0.1, 0.15) is 19.4 Å². The SMILES string of the molecule is C=C(C)C(=O)OCc1cc(I)c(OC(C)=O)c(I)c1. The molecule has 0 aliphatic heterocycles. The van der Waals surface area contributed by atoms with E-state index in [0.29, 0.717) is 11.3 Å². The van der Waals surface area contributed by atoms with E-state index < -0.39 is 5.97 Å². The van der Waals surface area contributed by atoms with Crippen molar-refractivity contribution in [2.75, 3.05) is 0 Å². The summed E-state index contributed by atoms with van der Waals surface area (Å²) in [6, 6.07) is 3.62. The topological polar surface area (TPSA) is 52.6 Å². The van der Waals surface area contributed by atoms with Crippen molar-refractivity contribution < 1.29 is 19.1 Å². The molecule has 1 aromatic carbocycles. The van der Waals surface area contributed by atoms with E-state index in [1.165, 1.54) is 6.92 Å². The third-order valence-corrected chi connectivity index (χ3v) is 3.62. The summed E-state index contributed by atoms with van der Waals surface area (Å²) in [5, 5.41) is 0. The molecule has 6 heteroatoms. The number of benzene rings is 1. The first-order valence-corrected chi connectivity index (χ1v) is 7.46. The van der Waals surface area contributed by atoms with Gasteiger partial charge in [0.25, 0.3) is 0 Å². The molecule has 1 aromatic rings. The fraction of sp³-hybridized carbons (Fsp3) is 0.231. The van der Waals surface area contributed by atoms with Gasteiger partial charge in [0.1, 0.15) is 6.61 Å². The number of rotatable bonds is 4. The van der Waals surface area contributed by atoms with Crippen molar-refractivity contribution in [3.63, 3.8) is 0 Å². The summed E-state index contributed by atoms with van der Waals surface area (Å²) >= 11 is 4.15. The number of ether oxygens (including phenoxy) is 2. The maximum absolute atomic E-state index is 11.3. The molecule has 0 spiro atoms. The fourth-order valence-corrected chi connectivity index (χ4v) is 3.33. The van der Waals surface area contributed by atoms with Crippen LogP contribution in [0.5, 0.6) is 5.75 Å². The highest BCUT2D eigenvalue weighted by molar-refractivity contribution is 14.1. The predicted octanol–water partition coefficient (Wildman–Crippen LogP) is 3.44. The standard InChI is InChI=1S/C13H12I2O4/c1-7(2)13(17)18-6-9-4-10(14)12(11(15)5-9)19-8(3)16/h4-5H,1,6H2,2-3H3. The first-order valence-electron chi connectivity index (χ1n) is 5.30. The molecule has 0 saturated heterocycles. The molecule has 0 saturated carbocycles. The van der Waals surface area contributed by atoms with Crippen LogP contribution in [0.25, 0.3) is 0 Å². The van der Waals surface area contributed by atoms with Crippen molar-refractivity contribution in [2.24, 2.45) is 0 Å². The van der Waals surface area contributed by atoms with Crippen molar-refractivity contribution >= 4 is 57.1 Å². The van der Waals surface area contributed by atoms with E-state index in [1.54, 1.807) is 6.92 Å². The molecule has 0 N–H and O–H groups in total. The summed E-state index contributed by atoms with van der Waals surface area (Å²) in [4.78, 5) is 22.3. The van der Waals surface area contributed by atoms with Gasteiger partial charge in [-0.2, -0.15) is 0 Å². The van der Waals surface area contributed by atoms with Gasteiger partial charge in [0, 0.05) is 12.5 Å². The molecule has 19 heavy (non-hydrogen) atoms. The third-order valence-electron chi connectivity index (χ3n) is 2.02. The van der Waals surface area contributed by atoms with E-state index in [-0.39, 0.29) is 12.6 Å². The van der Waals surface area contributed by atoms with Crippen LogP contribution in [0.4, 0.5) is 0 Å². The van der Waals surface area contributed by atoms with Gasteiger partial charge in [0.2, 0.25) is 0 Å². The van der Waals surface area contributed by atoms with Crippen LogP contribution >= 0.6 is 45.2 Å². The third kappa shape index (κ3) is 5.09. The summed E-state index contributed by atoms with van der Waals surface area (Å²) in [7, 11) is 0. The lowest BCUT2D eigenvalue weighted by atomic mass is 10.2. The van der Waals surface area contributed by atoms with Crippen molar-refractivity contribution in [3.8, 4) is 5.75 Å². The van der Waals surface area contributed by atoms with Crippen LogP contribution < -0.4 is 4.74 Å². The van der Waals surface area contributed by atoms with E-state index in [4.69, 9.17) is 9.47 Å². The van der Waals surface area contributed by atoms with E-state index >= 15 is 0 Å². The number of esters is 2. The van der Waals surface area contributed by atoms with Crippen molar-refractivity contribution in [1.29, 1.82) is 0 Å². The average molecular weight is 486 g/mol. The molecule has 0 bridgehead atoms. The van der Waals surface area contributed by atoms with Gasteiger partial charge in [-0.05, 0) is 69.8 Å². The molecule has 0 aliphatic rings. The van der Waals surface area contributed by atoms with E-state index in [0.717, 1.165) is 12.7 Å². The lowest BCUT2D eigenvalue weighted by Crippen LogP contribution is -2.07. The molecule has 0 heterocycles. The molecule has 0 aliphatic carbocycles. The van der Waals surface area contributed by atoms with Crippen LogP contribution in [0.15, 0.2) is 24.3 Å². The summed E-state index contributed by atoms with van der Waals surface area (Å²) in [5.41, 5.74) is 1.19. The summed E-state index contributed by atoms with van der Waals surface area (Å²) in [6.45, 7) is 6.63. The zero-order valence-corrected chi connectivity index (χ0v) is 14.8. The molecule has 4 nitrogen and oxygen atoms in total. The largest absolute Gasteiger partial charge is 0.457 e. The first-order chi connectivity index (χ1) is 8.81. The van der Waals surface area contributed by atoms with Crippen molar-refractivity contribution in [3.05, 3.63) is 37.0 Å². The number of hydrogen-bond donors (Lipinski definition) is 0. The minimum Gasteiger partial charge on any atom is -0.457 e. The number of hydrogen-bond acceptors (Lipinski definition) is 4. The van der Waals surface area contributed by atoms with Crippen molar-refractivity contribution in [2.45, 2.75) is 20.5 Å². The summed E-state index contributed by atoms with van der Waals surface area (Å²) in [6.07, 6.45) is 0. The Morgan fingerprint density at radius 3 is 2.16 bits per heavy atom. The molecule has 0 radical (unpaired) electrons. The van der Waals surface area contributed by atoms with Gasteiger partial charge in [-0.1, -0.05) is 6.58 Å². The van der Waals surface area contributed by atoms with Gasteiger partial charge < -0.3 is 9.47 Å². The highest BCUT2D eigenvalue weighted by Crippen LogP contribution is 2.29. The molecule has 0 aromatic heterocycles. The molecule has 0 atom stereocenters. The lowest BCUT2D eigenvalue weighted by molar-refractivity contribution is -0.140. The van der Waals surface area contributed by atoms with E-state index in [9.17, 15) is 9.59 Å². The Morgan fingerprint density at radius 2 is 1.74 bits per heavy atom. The lowest BCUT2D eigenvalue weighted by Gasteiger charge is -2.10. The Hall–Kier alpha value is -0.640. The maximum atomic E-state index is 11.3. The zero-order valence-electron chi connectivity index (χ0n) is 10.5. The van der Waals surface area contributed by atoms with Gasteiger partial charge in [0.05, 0.1) is 7.14 Å². The minimum atomic E-state index is -0.422. The van der Waals surface area contributed by atoms with Crippen LogP contribution in [-0.4, -0.2) is 11.9 Å². The summed E-state index contributed by atoms with van der Waals surface area (Å²) in [5.74, 6) is -0.255. The molecule has 0 unspecified atom stereocenters. The maximum Gasteiger partial charge on any atom is 0.333 e. The Labute approximate surface area is 138 Å². The first kappa shape index (κ1) is 16.4. The molecule has 1 rings (SSSR count). The zero-order chi connectivity index (χ0) is 14.6. The van der Waals surface area contributed by atoms with Crippen molar-refractivity contribution in [1.82, 2.24) is 0 Å². The monoisotopic (exact) mass is 486 g/mol. The van der Waals surface area contributed by atoms with Gasteiger partial charge in [-0.25, -0.2) is 4.79 Å². The Kier molecular flexibility index (Phi) is 6.24. The second-order valence-electron chi connectivity index (χ2n) is 3.84. The van der Waals surface area contributed by atoms with Crippen LogP contribution in [0, 0.1) is 7.14 Å². The Balaban J connectivity index is 2.86. The van der Waals surface area contributed by atoms with Gasteiger partial charge in [0.15, 0.2) is 5.75 Å². The van der Waals surface area contributed by atoms with Crippen LogP contribution in [0.2, 0.25) is 0 Å². The van der Waals surface area contributed by atoms with E-state index in [1.807, 2.05) is 12.1 Å². The second-order valence-corrected chi connectivity index (χ2v) is 6.16. The summed E-state index contributed by atoms with van der Waals surface area (Å²) < 4.78 is 11.8. The van der Waals surface area contributed by atoms with E-state index in [2.05, 4.69) is 51.8 Å². The highest BCUT2D eigenvalue weighted by Gasteiger charge is 2.12. The smallest absolute Gasteiger partial charge is 0.333 e. The van der Waals surface area contributed by atoms with Crippen LogP contribution in [0.3, 0.4) is 0 Å². The number of carbonyl (C=O) groups excluding carboxylic acids is 2. The van der Waals surface area contributed by atoms with Gasteiger partial charge >= 0.3 is 11.9 Å². The Bertz CT molecular complexity index is 514. The molecule has 0 fully saturated rings. The minimum absolute atomic E-state index is 0.165. The Morgan fingerprint density at radius 1 is 1.21 bits per heavy atom. The number of halogens is 2. The number of carbonyl (C=O) groups is 2. The highest BCUT2D eigenvalue weighted by atomic mass is 127. The molecular formula is C13H12I2O4.